The molecule has 0 aliphatic carbocycles. The monoisotopic (exact) mass is 636 g/mol. The Kier molecular flexibility index (Phi) is 10.0. The Balaban J connectivity index is 0.999. The third-order valence-electron chi connectivity index (χ3n) is 8.34. The largest absolute Gasteiger partial charge is 0.497 e. The van der Waals surface area contributed by atoms with Gasteiger partial charge in [0.2, 0.25) is 0 Å². The number of hydrogen-bond acceptors (Lipinski definition) is 6. The highest BCUT2D eigenvalue weighted by Crippen LogP contribution is 2.42. The third-order valence-corrected chi connectivity index (χ3v) is 9.41. The first-order chi connectivity index (χ1) is 22.5. The summed E-state index contributed by atoms with van der Waals surface area (Å²) in [6, 6.07) is 29.6. The van der Waals surface area contributed by atoms with Crippen LogP contribution < -0.4 is 19.9 Å². The van der Waals surface area contributed by atoms with E-state index >= 15 is 0 Å². The summed E-state index contributed by atoms with van der Waals surface area (Å²) in [6.07, 6.45) is 2.70. The fraction of sp³-hybridized carbons (Fsp3) is 0.243. The summed E-state index contributed by atoms with van der Waals surface area (Å²) >= 11 is 1.40. The number of rotatable bonds is 10. The molecular formula is C37H37FN4O3S. The molecule has 1 saturated heterocycles. The minimum absolute atomic E-state index is 0.114. The van der Waals surface area contributed by atoms with Crippen molar-refractivity contribution in [2.45, 2.75) is 17.9 Å². The molecule has 2 aliphatic rings. The first-order valence-electron chi connectivity index (χ1n) is 15.5. The van der Waals surface area contributed by atoms with Crippen molar-refractivity contribution in [2.24, 2.45) is 0 Å². The average molecular weight is 637 g/mol. The molecule has 0 atom stereocenters. The molecule has 236 valence electrons. The van der Waals surface area contributed by atoms with Crippen molar-refractivity contribution in [3.63, 3.8) is 0 Å². The van der Waals surface area contributed by atoms with Gasteiger partial charge < -0.3 is 19.9 Å². The highest BCUT2D eigenvalue weighted by Gasteiger charge is 2.29. The Bertz CT molecular complexity index is 1700. The maximum atomic E-state index is 14.5. The van der Waals surface area contributed by atoms with Crippen molar-refractivity contribution < 1.29 is 18.7 Å². The van der Waals surface area contributed by atoms with Gasteiger partial charge in [0, 0.05) is 54.4 Å². The molecule has 7 nitrogen and oxygen atoms in total. The lowest BCUT2D eigenvalue weighted by molar-refractivity contribution is -0.114. The molecular weight excluding hydrogens is 599 g/mol. The van der Waals surface area contributed by atoms with E-state index in [1.807, 2.05) is 54.6 Å². The fourth-order valence-corrected chi connectivity index (χ4v) is 6.79. The number of carbonyl (C=O) groups excluding carboxylic acids is 2. The van der Waals surface area contributed by atoms with E-state index in [-0.39, 0.29) is 24.2 Å². The smallest absolute Gasteiger partial charge is 0.265 e. The molecule has 4 aromatic rings. The summed E-state index contributed by atoms with van der Waals surface area (Å²) in [6.45, 7) is 5.61. The second kappa shape index (κ2) is 14.7. The molecule has 6 rings (SSSR count). The summed E-state index contributed by atoms with van der Waals surface area (Å²) in [5.41, 5.74) is 3.82. The van der Waals surface area contributed by atoms with Crippen LogP contribution in [0.3, 0.4) is 0 Å². The number of nitrogens with one attached hydrogen (secondary N) is 1. The standard InChI is InChI=1S/C37H37FN4O3S/c1-45-31-17-15-30(16-18-31)41-23-21-40(22-24-41)20-6-19-39-36(43)28-13-11-27(12-14-28)25-35-37(44)42(26-29-7-2-3-8-32(29)38)33-9-4-5-10-34(33)46-35/h2-5,7-18,25H,6,19-24,26H2,1H3,(H,39,43)/b35-25+. The molecule has 0 radical (unpaired) electrons. The molecule has 2 aliphatic heterocycles. The van der Waals surface area contributed by atoms with Gasteiger partial charge in [-0.05, 0) is 79.2 Å². The molecule has 0 unspecified atom stereocenters. The predicted octanol–water partition coefficient (Wildman–Crippen LogP) is 6.46. The Morgan fingerprint density at radius 1 is 0.913 bits per heavy atom. The maximum Gasteiger partial charge on any atom is 0.265 e. The molecule has 2 amide bonds. The number of ether oxygens (including phenoxy) is 1. The van der Waals surface area contributed by atoms with E-state index in [0.29, 0.717) is 22.6 Å². The quantitative estimate of drug-likeness (QED) is 0.159. The molecule has 2 heterocycles. The first-order valence-corrected chi connectivity index (χ1v) is 16.3. The van der Waals surface area contributed by atoms with Crippen LogP contribution in [-0.2, 0) is 11.3 Å². The molecule has 9 heteroatoms. The minimum Gasteiger partial charge on any atom is -0.497 e. The molecule has 0 bridgehead atoms. The van der Waals surface area contributed by atoms with Crippen LogP contribution in [-0.4, -0.2) is 63.1 Å². The number of halogens is 1. The normalized spacial score (nSPS) is 16.0. The number of fused-ring (bicyclic) bond motifs is 1. The third kappa shape index (κ3) is 7.43. The summed E-state index contributed by atoms with van der Waals surface area (Å²) in [7, 11) is 1.68. The number of nitrogens with zero attached hydrogens (tertiary/aromatic N) is 3. The molecule has 0 saturated carbocycles. The zero-order chi connectivity index (χ0) is 31.9. The van der Waals surface area contributed by atoms with Crippen molar-refractivity contribution in [1.82, 2.24) is 10.2 Å². The van der Waals surface area contributed by atoms with E-state index in [1.54, 1.807) is 42.3 Å². The number of piperazine rings is 1. The van der Waals surface area contributed by atoms with Crippen LogP contribution in [0.2, 0.25) is 0 Å². The fourth-order valence-electron chi connectivity index (χ4n) is 5.73. The second-order valence-corrected chi connectivity index (χ2v) is 12.4. The van der Waals surface area contributed by atoms with E-state index in [2.05, 4.69) is 27.2 Å². The SMILES string of the molecule is COc1ccc(N2CCN(CCCNC(=O)c3ccc(/C=C4/Sc5ccccc5N(Cc5ccccc5F)C4=O)cc3)CC2)cc1. The van der Waals surface area contributed by atoms with Gasteiger partial charge in [0.15, 0.2) is 0 Å². The van der Waals surface area contributed by atoms with E-state index in [9.17, 15) is 14.0 Å². The lowest BCUT2D eigenvalue weighted by Gasteiger charge is -2.36. The van der Waals surface area contributed by atoms with Crippen LogP contribution in [0.15, 0.2) is 107 Å². The molecule has 0 aromatic heterocycles. The molecule has 1 fully saturated rings. The van der Waals surface area contributed by atoms with Crippen LogP contribution in [0, 0.1) is 5.82 Å². The lowest BCUT2D eigenvalue weighted by atomic mass is 10.1. The van der Waals surface area contributed by atoms with Crippen molar-refractivity contribution in [3.05, 3.63) is 124 Å². The molecule has 46 heavy (non-hydrogen) atoms. The van der Waals surface area contributed by atoms with E-state index in [4.69, 9.17) is 4.74 Å². The van der Waals surface area contributed by atoms with Gasteiger partial charge in [0.25, 0.3) is 11.8 Å². The summed E-state index contributed by atoms with van der Waals surface area (Å²) in [5, 5.41) is 3.04. The van der Waals surface area contributed by atoms with Gasteiger partial charge in [-0.15, -0.1) is 0 Å². The number of benzene rings is 4. The number of thioether (sulfide) groups is 1. The van der Waals surface area contributed by atoms with Crippen molar-refractivity contribution in [3.8, 4) is 5.75 Å². The number of methoxy groups -OCH3 is 1. The first kappa shape index (κ1) is 31.4. The zero-order valence-corrected chi connectivity index (χ0v) is 26.6. The van der Waals surface area contributed by atoms with Gasteiger partial charge in [-0.3, -0.25) is 14.5 Å². The summed E-state index contributed by atoms with van der Waals surface area (Å²) in [5.74, 6) is 0.228. The Morgan fingerprint density at radius 3 is 2.37 bits per heavy atom. The zero-order valence-electron chi connectivity index (χ0n) is 25.8. The van der Waals surface area contributed by atoms with Gasteiger partial charge in [-0.25, -0.2) is 4.39 Å². The number of hydrogen-bond donors (Lipinski definition) is 1. The maximum absolute atomic E-state index is 14.5. The van der Waals surface area contributed by atoms with Gasteiger partial charge in [0.1, 0.15) is 11.6 Å². The minimum atomic E-state index is -0.339. The summed E-state index contributed by atoms with van der Waals surface area (Å²) in [4.78, 5) is 34.3. The molecule has 1 N–H and O–H groups in total. The highest BCUT2D eigenvalue weighted by atomic mass is 32.2. The Morgan fingerprint density at radius 2 is 1.63 bits per heavy atom. The van der Waals surface area contributed by atoms with Crippen molar-refractivity contribution in [1.29, 1.82) is 0 Å². The van der Waals surface area contributed by atoms with Crippen LogP contribution in [0.4, 0.5) is 15.8 Å². The van der Waals surface area contributed by atoms with Gasteiger partial charge in [-0.1, -0.05) is 54.2 Å². The average Bonchev–Trinajstić information content (AvgIpc) is 3.10. The van der Waals surface area contributed by atoms with Crippen LogP contribution >= 0.6 is 11.8 Å². The topological polar surface area (TPSA) is 65.1 Å². The Hall–Kier alpha value is -4.60. The van der Waals surface area contributed by atoms with Crippen LogP contribution in [0.25, 0.3) is 6.08 Å². The highest BCUT2D eigenvalue weighted by molar-refractivity contribution is 8.04. The number of carbonyl (C=O) groups is 2. The van der Waals surface area contributed by atoms with Crippen molar-refractivity contribution in [2.75, 3.05) is 56.2 Å². The van der Waals surface area contributed by atoms with E-state index in [0.717, 1.165) is 61.0 Å². The van der Waals surface area contributed by atoms with Gasteiger partial charge >= 0.3 is 0 Å². The molecule has 0 spiro atoms. The molecule has 4 aromatic carbocycles. The number of anilines is 2. The Labute approximate surface area is 273 Å². The van der Waals surface area contributed by atoms with E-state index < -0.39 is 0 Å². The van der Waals surface area contributed by atoms with Crippen LogP contribution in [0.1, 0.15) is 27.9 Å². The van der Waals surface area contributed by atoms with Crippen LogP contribution in [0.5, 0.6) is 5.75 Å². The van der Waals surface area contributed by atoms with Gasteiger partial charge in [-0.2, -0.15) is 0 Å². The number of amides is 2. The van der Waals surface area contributed by atoms with Gasteiger partial charge in [0.05, 0.1) is 24.2 Å². The number of para-hydroxylation sites is 1. The predicted molar refractivity (Wildman–Crippen MR) is 183 cm³/mol. The second-order valence-electron chi connectivity index (χ2n) is 11.3. The summed E-state index contributed by atoms with van der Waals surface area (Å²) < 4.78 is 19.7. The lowest BCUT2D eigenvalue weighted by Crippen LogP contribution is -2.47. The van der Waals surface area contributed by atoms with E-state index in [1.165, 1.54) is 23.5 Å². The van der Waals surface area contributed by atoms with Crippen molar-refractivity contribution >= 4 is 41.0 Å².